The molecular weight excluding hydrogens is 194 g/mol. The summed E-state index contributed by atoms with van der Waals surface area (Å²) in [5.74, 6) is 4.01. The second kappa shape index (κ2) is 4.82. The maximum absolute atomic E-state index is 10.9. The fraction of sp³-hybridized carbons (Fsp3) is 0.0909. The molecule has 0 aromatic heterocycles. The van der Waals surface area contributed by atoms with Gasteiger partial charge in [0.2, 0.25) is 0 Å². The molecule has 0 aliphatic heterocycles. The van der Waals surface area contributed by atoms with Crippen LogP contribution in [-0.4, -0.2) is 17.4 Å². The zero-order valence-electron chi connectivity index (χ0n) is 7.86. The van der Waals surface area contributed by atoms with Crippen LogP contribution in [0.3, 0.4) is 0 Å². The molecule has 15 heavy (non-hydrogen) atoms. The summed E-state index contributed by atoms with van der Waals surface area (Å²) in [7, 11) is 0. The van der Waals surface area contributed by atoms with Gasteiger partial charge in [0, 0.05) is 11.3 Å². The predicted molar refractivity (Wildman–Crippen MR) is 55.4 cm³/mol. The molecular formula is C11H9NO3. The predicted octanol–water partition coefficient (Wildman–Crippen LogP) is 0.907. The third kappa shape index (κ3) is 2.58. The van der Waals surface area contributed by atoms with Gasteiger partial charge < -0.3 is 15.6 Å². The first kappa shape index (κ1) is 10.8. The highest BCUT2D eigenvalue weighted by Gasteiger charge is 2.11. The van der Waals surface area contributed by atoms with Crippen molar-refractivity contribution in [3.8, 4) is 11.8 Å². The highest BCUT2D eigenvalue weighted by atomic mass is 16.4. The van der Waals surface area contributed by atoms with Gasteiger partial charge >= 0.3 is 5.97 Å². The average molecular weight is 203 g/mol. The number of carbonyl (C=O) groups is 2. The first-order valence-corrected chi connectivity index (χ1v) is 4.21. The highest BCUT2D eigenvalue weighted by molar-refractivity contribution is 5.96. The number of anilines is 1. The summed E-state index contributed by atoms with van der Waals surface area (Å²) >= 11 is 0. The molecule has 76 valence electrons. The van der Waals surface area contributed by atoms with E-state index in [0.717, 1.165) is 0 Å². The molecule has 0 atom stereocenters. The Balaban J connectivity index is 3.19. The molecule has 0 fully saturated rings. The fourth-order valence-corrected chi connectivity index (χ4v) is 1.10. The number of carboxylic acid groups (broad SMARTS) is 1. The van der Waals surface area contributed by atoms with E-state index in [-0.39, 0.29) is 17.7 Å². The first-order chi connectivity index (χ1) is 7.16. The Morgan fingerprint density at radius 2 is 2.27 bits per heavy atom. The minimum Gasteiger partial charge on any atom is -0.478 e. The number of carboxylic acids is 1. The van der Waals surface area contributed by atoms with E-state index in [4.69, 9.17) is 10.8 Å². The van der Waals surface area contributed by atoms with Crippen LogP contribution in [0, 0.1) is 11.8 Å². The number of carbonyl (C=O) groups excluding carboxylic acids is 1. The number of hydrogen-bond acceptors (Lipinski definition) is 3. The number of rotatable bonds is 2. The Hall–Kier alpha value is -2.28. The maximum atomic E-state index is 10.9. The van der Waals surface area contributed by atoms with Crippen LogP contribution in [0.2, 0.25) is 0 Å². The van der Waals surface area contributed by atoms with Crippen LogP contribution in [-0.2, 0) is 4.79 Å². The monoisotopic (exact) mass is 203 g/mol. The van der Waals surface area contributed by atoms with Crippen molar-refractivity contribution < 1.29 is 14.7 Å². The molecule has 0 heterocycles. The normalized spacial score (nSPS) is 8.80. The lowest BCUT2D eigenvalue weighted by atomic mass is 10.1. The summed E-state index contributed by atoms with van der Waals surface area (Å²) in [6.45, 7) is 0. The van der Waals surface area contributed by atoms with E-state index in [2.05, 4.69) is 11.8 Å². The van der Waals surface area contributed by atoms with E-state index < -0.39 is 5.97 Å². The Morgan fingerprint density at radius 3 is 2.87 bits per heavy atom. The molecule has 4 heteroatoms. The van der Waals surface area contributed by atoms with Crippen LogP contribution in [0.5, 0.6) is 0 Å². The Bertz CT molecular complexity index is 455. The first-order valence-electron chi connectivity index (χ1n) is 4.21. The van der Waals surface area contributed by atoms with Crippen molar-refractivity contribution in [1.82, 2.24) is 0 Å². The molecule has 4 nitrogen and oxygen atoms in total. The molecule has 1 aromatic carbocycles. The Morgan fingerprint density at radius 1 is 1.53 bits per heavy atom. The van der Waals surface area contributed by atoms with Crippen molar-refractivity contribution in [2.45, 2.75) is 6.42 Å². The van der Waals surface area contributed by atoms with E-state index in [1.54, 1.807) is 12.1 Å². The van der Waals surface area contributed by atoms with E-state index in [0.29, 0.717) is 11.8 Å². The van der Waals surface area contributed by atoms with Gasteiger partial charge in [-0.05, 0) is 12.1 Å². The zero-order chi connectivity index (χ0) is 11.3. The van der Waals surface area contributed by atoms with E-state index in [9.17, 15) is 9.59 Å². The second-order valence-electron chi connectivity index (χ2n) is 2.75. The number of nitrogens with two attached hydrogens (primary N) is 1. The minimum absolute atomic E-state index is 0.0177. The Labute approximate surface area is 86.7 Å². The molecule has 1 aromatic rings. The number of hydrogen-bond donors (Lipinski definition) is 2. The molecule has 0 spiro atoms. The van der Waals surface area contributed by atoms with Crippen LogP contribution in [0.1, 0.15) is 22.3 Å². The van der Waals surface area contributed by atoms with Crippen molar-refractivity contribution in [3.63, 3.8) is 0 Å². The topological polar surface area (TPSA) is 80.4 Å². The third-order valence-electron chi connectivity index (χ3n) is 1.72. The van der Waals surface area contributed by atoms with Gasteiger partial charge in [-0.1, -0.05) is 17.9 Å². The summed E-state index contributed by atoms with van der Waals surface area (Å²) in [5.41, 5.74) is 5.98. The molecule has 0 aliphatic rings. The molecule has 0 amide bonds. The van der Waals surface area contributed by atoms with Gasteiger partial charge in [-0.25, -0.2) is 4.79 Å². The number of benzene rings is 1. The fourth-order valence-electron chi connectivity index (χ4n) is 1.10. The molecule has 1 rings (SSSR count). The van der Waals surface area contributed by atoms with Gasteiger partial charge in [-0.2, -0.15) is 0 Å². The van der Waals surface area contributed by atoms with Gasteiger partial charge in [0.15, 0.2) is 0 Å². The summed E-state index contributed by atoms with van der Waals surface area (Å²) in [4.78, 5) is 20.9. The van der Waals surface area contributed by atoms with Crippen molar-refractivity contribution in [1.29, 1.82) is 0 Å². The SMILES string of the molecule is Nc1cccc(C#CCC=O)c1C(=O)O. The zero-order valence-corrected chi connectivity index (χ0v) is 7.86. The average Bonchev–Trinajstić information content (AvgIpc) is 2.17. The Kier molecular flexibility index (Phi) is 3.47. The van der Waals surface area contributed by atoms with E-state index >= 15 is 0 Å². The summed E-state index contributed by atoms with van der Waals surface area (Å²) in [6, 6.07) is 4.67. The molecule has 0 aliphatic carbocycles. The van der Waals surface area contributed by atoms with E-state index in [1.165, 1.54) is 6.07 Å². The lowest BCUT2D eigenvalue weighted by Crippen LogP contribution is -2.05. The van der Waals surface area contributed by atoms with Crippen LogP contribution in [0.25, 0.3) is 0 Å². The molecule has 0 saturated carbocycles. The van der Waals surface area contributed by atoms with Crippen LogP contribution in [0.4, 0.5) is 5.69 Å². The molecule has 0 saturated heterocycles. The van der Waals surface area contributed by atoms with Crippen LogP contribution in [0.15, 0.2) is 18.2 Å². The highest BCUT2D eigenvalue weighted by Crippen LogP contribution is 2.15. The van der Waals surface area contributed by atoms with Gasteiger partial charge in [0.25, 0.3) is 0 Å². The van der Waals surface area contributed by atoms with Crippen molar-refractivity contribution in [2.24, 2.45) is 0 Å². The lowest BCUT2D eigenvalue weighted by Gasteiger charge is -2.02. The largest absolute Gasteiger partial charge is 0.478 e. The standard InChI is InChI=1S/C11H9NO3/c12-9-6-3-5-8(4-1-2-7-13)10(9)11(14)15/h3,5-7H,2,12H2,(H,14,15). The quantitative estimate of drug-likeness (QED) is 0.425. The van der Waals surface area contributed by atoms with Crippen LogP contribution >= 0.6 is 0 Å². The number of aldehydes is 1. The van der Waals surface area contributed by atoms with Crippen molar-refractivity contribution in [2.75, 3.05) is 5.73 Å². The van der Waals surface area contributed by atoms with E-state index in [1.807, 2.05) is 0 Å². The van der Waals surface area contributed by atoms with Gasteiger partial charge in [0.05, 0.1) is 12.0 Å². The summed E-state index contributed by atoms with van der Waals surface area (Å²) in [6.07, 6.45) is 0.730. The van der Waals surface area contributed by atoms with Gasteiger partial charge in [-0.15, -0.1) is 0 Å². The van der Waals surface area contributed by atoms with Crippen molar-refractivity contribution in [3.05, 3.63) is 29.3 Å². The summed E-state index contributed by atoms with van der Waals surface area (Å²) < 4.78 is 0. The van der Waals surface area contributed by atoms with Crippen LogP contribution < -0.4 is 5.73 Å². The maximum Gasteiger partial charge on any atom is 0.339 e. The molecule has 0 bridgehead atoms. The number of nitrogen functional groups attached to an aromatic ring is 1. The molecule has 0 unspecified atom stereocenters. The van der Waals surface area contributed by atoms with Gasteiger partial charge in [0.1, 0.15) is 6.29 Å². The summed E-state index contributed by atoms with van der Waals surface area (Å²) in [5, 5.41) is 8.89. The lowest BCUT2D eigenvalue weighted by molar-refractivity contribution is -0.107. The third-order valence-corrected chi connectivity index (χ3v) is 1.72. The second-order valence-corrected chi connectivity index (χ2v) is 2.75. The van der Waals surface area contributed by atoms with Crippen molar-refractivity contribution >= 4 is 17.9 Å². The van der Waals surface area contributed by atoms with Gasteiger partial charge in [-0.3, -0.25) is 0 Å². The molecule has 0 radical (unpaired) electrons. The molecule has 3 N–H and O–H groups in total. The minimum atomic E-state index is -1.12. The number of aromatic carboxylic acids is 1. The smallest absolute Gasteiger partial charge is 0.339 e.